The van der Waals surface area contributed by atoms with E-state index in [1.165, 1.54) is 19.1 Å². The van der Waals surface area contributed by atoms with Gasteiger partial charge in [-0.2, -0.15) is 0 Å². The molecule has 1 fully saturated rings. The molecule has 156 valence electrons. The smallest absolute Gasteiger partial charge is 0.333 e. The second-order valence-electron chi connectivity index (χ2n) is 6.13. The van der Waals surface area contributed by atoms with Crippen LogP contribution in [0.4, 0.5) is 0 Å². The number of carbonyl (C=O) groups excluding carboxylic acids is 2. The summed E-state index contributed by atoms with van der Waals surface area (Å²) in [5, 5.41) is 0. The van der Waals surface area contributed by atoms with Crippen LogP contribution < -0.4 is 9.47 Å². The number of methoxy groups -OCH3 is 3. The van der Waals surface area contributed by atoms with E-state index >= 15 is 0 Å². The lowest BCUT2D eigenvalue weighted by Crippen LogP contribution is -2.37. The molecule has 0 N–H and O–H groups in total. The summed E-state index contributed by atoms with van der Waals surface area (Å²) in [4.78, 5) is 27.4. The van der Waals surface area contributed by atoms with Gasteiger partial charge in [-0.15, -0.1) is 0 Å². The van der Waals surface area contributed by atoms with E-state index in [1.807, 2.05) is 12.1 Å². The number of hydrogen-bond acceptors (Lipinski definition) is 7. The van der Waals surface area contributed by atoms with E-state index in [0.717, 1.165) is 11.8 Å². The SMILES string of the molecule is COC(=O)C(c1ccccc1)N1C(=O)/C(=C/c2cc(Br)c(OC)c(OC)c2)SC1=S. The van der Waals surface area contributed by atoms with Crippen LogP contribution in [-0.4, -0.2) is 42.4 Å². The summed E-state index contributed by atoms with van der Waals surface area (Å²) in [5.74, 6) is 0.144. The first-order valence-electron chi connectivity index (χ1n) is 8.72. The summed E-state index contributed by atoms with van der Waals surface area (Å²) in [5.41, 5.74) is 1.34. The summed E-state index contributed by atoms with van der Waals surface area (Å²) < 4.78 is 16.6. The molecule has 1 atom stereocenters. The fraction of sp³-hybridized carbons (Fsp3) is 0.190. The van der Waals surface area contributed by atoms with Crippen molar-refractivity contribution in [2.75, 3.05) is 21.3 Å². The number of carbonyl (C=O) groups is 2. The maximum absolute atomic E-state index is 13.2. The van der Waals surface area contributed by atoms with Crippen molar-refractivity contribution in [3.05, 3.63) is 63.0 Å². The van der Waals surface area contributed by atoms with E-state index in [1.54, 1.807) is 43.5 Å². The highest BCUT2D eigenvalue weighted by Gasteiger charge is 2.41. The predicted octanol–water partition coefficient (Wildman–Crippen LogP) is 4.58. The van der Waals surface area contributed by atoms with Crippen molar-refractivity contribution in [3.63, 3.8) is 0 Å². The maximum atomic E-state index is 13.2. The molecular formula is C21H18BrNO5S2. The first-order chi connectivity index (χ1) is 14.4. The topological polar surface area (TPSA) is 65.1 Å². The number of halogens is 1. The third-order valence-corrected chi connectivity index (χ3v) is 6.29. The van der Waals surface area contributed by atoms with Crippen LogP contribution in [0.1, 0.15) is 17.2 Å². The minimum atomic E-state index is -0.952. The summed E-state index contributed by atoms with van der Waals surface area (Å²) >= 11 is 10.0. The molecule has 6 nitrogen and oxygen atoms in total. The van der Waals surface area contributed by atoms with Gasteiger partial charge < -0.3 is 14.2 Å². The molecule has 1 aliphatic rings. The van der Waals surface area contributed by atoms with Crippen molar-refractivity contribution in [1.29, 1.82) is 0 Å². The van der Waals surface area contributed by atoms with E-state index in [2.05, 4.69) is 15.9 Å². The number of amides is 1. The largest absolute Gasteiger partial charge is 0.493 e. The number of rotatable bonds is 6. The Labute approximate surface area is 192 Å². The monoisotopic (exact) mass is 507 g/mol. The molecule has 0 spiro atoms. The molecule has 2 aromatic carbocycles. The molecule has 0 bridgehead atoms. The number of hydrogen-bond donors (Lipinski definition) is 0. The van der Waals surface area contributed by atoms with Gasteiger partial charge in [-0.25, -0.2) is 4.79 Å². The molecule has 0 aliphatic carbocycles. The number of benzene rings is 2. The van der Waals surface area contributed by atoms with E-state index in [-0.39, 0.29) is 10.2 Å². The lowest BCUT2D eigenvalue weighted by atomic mass is 10.1. The highest BCUT2D eigenvalue weighted by atomic mass is 79.9. The first kappa shape index (κ1) is 22.3. The zero-order chi connectivity index (χ0) is 21.8. The molecule has 1 saturated heterocycles. The van der Waals surface area contributed by atoms with Gasteiger partial charge in [-0.1, -0.05) is 54.3 Å². The van der Waals surface area contributed by atoms with Gasteiger partial charge in [0.2, 0.25) is 0 Å². The Kier molecular flexibility index (Phi) is 7.17. The molecule has 1 amide bonds. The summed E-state index contributed by atoms with van der Waals surface area (Å²) in [7, 11) is 4.37. The van der Waals surface area contributed by atoms with E-state index in [9.17, 15) is 9.59 Å². The minimum absolute atomic E-state index is 0.282. The third kappa shape index (κ3) is 4.38. The predicted molar refractivity (Wildman–Crippen MR) is 123 cm³/mol. The van der Waals surface area contributed by atoms with Gasteiger partial charge in [0, 0.05) is 0 Å². The molecule has 0 aromatic heterocycles. The summed E-state index contributed by atoms with van der Waals surface area (Å²) in [6.07, 6.45) is 1.70. The van der Waals surface area contributed by atoms with E-state index < -0.39 is 12.0 Å². The van der Waals surface area contributed by atoms with Gasteiger partial charge in [0.25, 0.3) is 5.91 Å². The average Bonchev–Trinajstić information content (AvgIpc) is 3.01. The molecular weight excluding hydrogens is 490 g/mol. The summed E-state index contributed by atoms with van der Waals surface area (Å²) in [6, 6.07) is 11.5. The Bertz CT molecular complexity index is 1030. The van der Waals surface area contributed by atoms with Crippen LogP contribution in [0.25, 0.3) is 6.08 Å². The van der Waals surface area contributed by atoms with Gasteiger partial charge in [0.05, 0.1) is 30.7 Å². The number of nitrogens with zero attached hydrogens (tertiary/aromatic N) is 1. The van der Waals surface area contributed by atoms with Crippen LogP contribution in [-0.2, 0) is 14.3 Å². The van der Waals surface area contributed by atoms with E-state index in [4.69, 9.17) is 26.4 Å². The number of thiocarbonyl (C=S) groups is 1. The molecule has 30 heavy (non-hydrogen) atoms. The first-order valence-corrected chi connectivity index (χ1v) is 10.7. The fourth-order valence-electron chi connectivity index (χ4n) is 3.01. The molecule has 1 aliphatic heterocycles. The molecule has 0 saturated carbocycles. The molecule has 0 radical (unpaired) electrons. The van der Waals surface area contributed by atoms with Crippen LogP contribution in [0.5, 0.6) is 11.5 Å². The Morgan fingerprint density at radius 2 is 1.87 bits per heavy atom. The highest BCUT2D eigenvalue weighted by Crippen LogP contribution is 2.41. The fourth-order valence-corrected chi connectivity index (χ4v) is 4.95. The molecule has 3 rings (SSSR count). The Hall–Kier alpha value is -2.36. The van der Waals surface area contributed by atoms with Crippen LogP contribution >= 0.6 is 39.9 Å². The van der Waals surface area contributed by atoms with Gasteiger partial charge in [-0.3, -0.25) is 9.69 Å². The third-order valence-electron chi connectivity index (χ3n) is 4.38. The highest BCUT2D eigenvalue weighted by molar-refractivity contribution is 9.10. The van der Waals surface area contributed by atoms with Crippen LogP contribution in [0, 0.1) is 0 Å². The van der Waals surface area contributed by atoms with E-state index in [0.29, 0.717) is 32.0 Å². The average molecular weight is 508 g/mol. The van der Waals surface area contributed by atoms with Crippen molar-refractivity contribution in [2.45, 2.75) is 6.04 Å². The second-order valence-corrected chi connectivity index (χ2v) is 8.66. The van der Waals surface area contributed by atoms with Crippen LogP contribution in [0.3, 0.4) is 0 Å². The van der Waals surface area contributed by atoms with Gasteiger partial charge >= 0.3 is 5.97 Å². The maximum Gasteiger partial charge on any atom is 0.333 e. The lowest BCUT2D eigenvalue weighted by molar-refractivity contribution is -0.148. The van der Waals surface area contributed by atoms with Crippen LogP contribution in [0.2, 0.25) is 0 Å². The zero-order valence-electron chi connectivity index (χ0n) is 16.4. The van der Waals surface area contributed by atoms with Gasteiger partial charge in [0.1, 0.15) is 4.32 Å². The standard InChI is InChI=1S/C21H18BrNO5S2/c1-26-15-10-12(9-14(22)18(15)27-2)11-16-19(24)23(21(29)30-16)17(20(25)28-3)13-7-5-4-6-8-13/h4-11,17H,1-3H3/b16-11-. The van der Waals surface area contributed by atoms with Gasteiger partial charge in [0.15, 0.2) is 17.5 Å². The van der Waals surface area contributed by atoms with Crippen molar-refractivity contribution in [2.24, 2.45) is 0 Å². The Morgan fingerprint density at radius 3 is 2.47 bits per heavy atom. The zero-order valence-corrected chi connectivity index (χ0v) is 19.6. The lowest BCUT2D eigenvalue weighted by Gasteiger charge is -2.24. The molecule has 2 aromatic rings. The Balaban J connectivity index is 2.00. The normalized spacial score (nSPS) is 16.0. The quantitative estimate of drug-likeness (QED) is 0.322. The van der Waals surface area contributed by atoms with Crippen molar-refractivity contribution < 1.29 is 23.8 Å². The Morgan fingerprint density at radius 1 is 1.17 bits per heavy atom. The molecule has 9 heteroatoms. The number of esters is 1. The second kappa shape index (κ2) is 9.63. The minimum Gasteiger partial charge on any atom is -0.493 e. The number of ether oxygens (including phenoxy) is 3. The van der Waals surface area contributed by atoms with Crippen LogP contribution in [0.15, 0.2) is 51.8 Å². The summed E-state index contributed by atoms with van der Waals surface area (Å²) in [6.45, 7) is 0. The van der Waals surface area contributed by atoms with Gasteiger partial charge in [-0.05, 0) is 45.3 Å². The van der Waals surface area contributed by atoms with Crippen molar-refractivity contribution >= 4 is 62.2 Å². The van der Waals surface area contributed by atoms with Crippen molar-refractivity contribution in [3.8, 4) is 11.5 Å². The molecule has 1 unspecified atom stereocenters. The number of thioether (sulfide) groups is 1. The molecule has 1 heterocycles. The van der Waals surface area contributed by atoms with Crippen molar-refractivity contribution in [1.82, 2.24) is 4.90 Å².